The van der Waals surface area contributed by atoms with E-state index >= 15 is 0 Å². The molecule has 0 unspecified atom stereocenters. The monoisotopic (exact) mass is 202 g/mol. The van der Waals surface area contributed by atoms with Gasteiger partial charge in [-0.25, -0.2) is 8.78 Å². The van der Waals surface area contributed by atoms with E-state index in [1.54, 1.807) is 0 Å². The number of hydrogen-bond acceptors (Lipinski definition) is 1. The van der Waals surface area contributed by atoms with E-state index in [4.69, 9.17) is 11.6 Å². The summed E-state index contributed by atoms with van der Waals surface area (Å²) in [5, 5.41) is -0.775. The topological polar surface area (TPSA) is 17.1 Å². The van der Waals surface area contributed by atoms with Gasteiger partial charge in [0.1, 0.15) is 11.6 Å². The zero-order valence-corrected chi connectivity index (χ0v) is 7.18. The molecule has 0 aliphatic rings. The Kier molecular flexibility index (Phi) is 3.14. The lowest BCUT2D eigenvalue weighted by Crippen LogP contribution is -1.88. The molecule has 1 aromatic carbocycles. The van der Waals surface area contributed by atoms with Crippen molar-refractivity contribution in [1.82, 2.24) is 0 Å². The third-order valence-corrected chi connectivity index (χ3v) is 1.51. The molecule has 0 spiro atoms. The van der Waals surface area contributed by atoms with Crippen molar-refractivity contribution in [2.75, 3.05) is 0 Å². The summed E-state index contributed by atoms with van der Waals surface area (Å²) < 4.78 is 25.7. The van der Waals surface area contributed by atoms with Gasteiger partial charge in [-0.3, -0.25) is 4.79 Å². The maximum atomic E-state index is 12.9. The molecule has 1 nitrogen and oxygen atoms in total. The second-order valence-corrected chi connectivity index (χ2v) is 2.65. The second-order valence-electron chi connectivity index (χ2n) is 2.27. The molecule has 0 fully saturated rings. The van der Waals surface area contributed by atoms with Gasteiger partial charge in [-0.2, -0.15) is 0 Å². The van der Waals surface area contributed by atoms with Gasteiger partial charge in [0.2, 0.25) is 5.24 Å². The van der Waals surface area contributed by atoms with Crippen LogP contribution in [0.25, 0.3) is 6.08 Å². The maximum absolute atomic E-state index is 12.9. The molecule has 0 amide bonds. The Morgan fingerprint density at radius 2 is 1.85 bits per heavy atom. The molecule has 0 aliphatic heterocycles. The van der Waals surface area contributed by atoms with Gasteiger partial charge < -0.3 is 0 Å². The van der Waals surface area contributed by atoms with Crippen LogP contribution in [0.4, 0.5) is 8.78 Å². The maximum Gasteiger partial charge on any atom is 0.245 e. The van der Waals surface area contributed by atoms with E-state index in [1.807, 2.05) is 0 Å². The highest BCUT2D eigenvalue weighted by Crippen LogP contribution is 2.13. The van der Waals surface area contributed by atoms with Crippen LogP contribution in [0.2, 0.25) is 0 Å². The number of benzene rings is 1. The highest BCUT2D eigenvalue weighted by atomic mass is 35.5. The van der Waals surface area contributed by atoms with Gasteiger partial charge in [-0.15, -0.1) is 0 Å². The fourth-order valence-corrected chi connectivity index (χ4v) is 0.882. The lowest BCUT2D eigenvalue weighted by molar-refractivity contribution is -0.107. The first-order valence-electron chi connectivity index (χ1n) is 3.43. The highest BCUT2D eigenvalue weighted by Gasteiger charge is 2.04. The van der Waals surface area contributed by atoms with E-state index in [2.05, 4.69) is 0 Å². The SMILES string of the molecule is O=C(Cl)/C=C/c1c(F)cccc1F. The number of carbonyl (C=O) groups excluding carboxylic acids is 1. The lowest BCUT2D eigenvalue weighted by atomic mass is 10.2. The zero-order valence-electron chi connectivity index (χ0n) is 6.43. The summed E-state index contributed by atoms with van der Waals surface area (Å²) in [5.41, 5.74) is -0.267. The highest BCUT2D eigenvalue weighted by molar-refractivity contribution is 6.66. The van der Waals surface area contributed by atoms with Gasteiger partial charge in [0, 0.05) is 5.56 Å². The molecule has 0 atom stereocenters. The number of rotatable bonds is 2. The molecule has 0 bridgehead atoms. The lowest BCUT2D eigenvalue weighted by Gasteiger charge is -1.96. The fourth-order valence-electron chi connectivity index (χ4n) is 0.819. The van der Waals surface area contributed by atoms with Crippen molar-refractivity contribution in [2.45, 2.75) is 0 Å². The number of hydrogen-bond donors (Lipinski definition) is 0. The molecule has 1 rings (SSSR count). The standard InChI is InChI=1S/C9H5ClF2O/c10-9(13)5-4-6-7(11)2-1-3-8(6)12/h1-5H/b5-4+. The van der Waals surface area contributed by atoms with E-state index in [1.165, 1.54) is 6.07 Å². The van der Waals surface area contributed by atoms with Crippen molar-refractivity contribution in [3.8, 4) is 0 Å². The first-order chi connectivity index (χ1) is 6.11. The third kappa shape index (κ3) is 2.63. The molecular formula is C9H5ClF2O. The van der Waals surface area contributed by atoms with Crippen molar-refractivity contribution in [3.05, 3.63) is 41.5 Å². The van der Waals surface area contributed by atoms with Crippen LogP contribution >= 0.6 is 11.6 Å². The minimum atomic E-state index is -0.775. The Labute approximate surface area is 78.6 Å². The third-order valence-electron chi connectivity index (χ3n) is 1.38. The summed E-state index contributed by atoms with van der Waals surface area (Å²) in [7, 11) is 0. The first-order valence-corrected chi connectivity index (χ1v) is 3.80. The van der Waals surface area contributed by atoms with Gasteiger partial charge in [0.15, 0.2) is 0 Å². The van der Waals surface area contributed by atoms with Crippen LogP contribution in [-0.2, 0) is 4.79 Å². The van der Waals surface area contributed by atoms with Crippen LogP contribution in [0, 0.1) is 11.6 Å². The Bertz CT molecular complexity index is 340. The minimum Gasteiger partial charge on any atom is -0.276 e. The van der Waals surface area contributed by atoms with Crippen molar-refractivity contribution < 1.29 is 13.6 Å². The molecule has 1 aromatic rings. The summed E-state index contributed by atoms with van der Waals surface area (Å²) in [4.78, 5) is 10.3. The first kappa shape index (κ1) is 9.86. The molecule has 4 heteroatoms. The number of carbonyl (C=O) groups is 1. The fraction of sp³-hybridized carbons (Fsp3) is 0. The number of halogens is 3. The predicted molar refractivity (Wildman–Crippen MR) is 46.3 cm³/mol. The summed E-state index contributed by atoms with van der Waals surface area (Å²) in [6.45, 7) is 0. The van der Waals surface area contributed by atoms with Gasteiger partial charge in [0.05, 0.1) is 0 Å². The van der Waals surface area contributed by atoms with E-state index in [0.29, 0.717) is 0 Å². The minimum absolute atomic E-state index is 0.267. The Hall–Kier alpha value is -1.22. The second kappa shape index (κ2) is 4.14. The number of allylic oxidation sites excluding steroid dienone is 1. The molecule has 0 N–H and O–H groups in total. The van der Waals surface area contributed by atoms with Crippen LogP contribution in [-0.4, -0.2) is 5.24 Å². The van der Waals surface area contributed by atoms with Crippen LogP contribution in [0.3, 0.4) is 0 Å². The quantitative estimate of drug-likeness (QED) is 0.532. The Morgan fingerprint density at radius 1 is 1.31 bits per heavy atom. The average molecular weight is 203 g/mol. The molecular weight excluding hydrogens is 198 g/mol. The van der Waals surface area contributed by atoms with Gasteiger partial charge >= 0.3 is 0 Å². The Morgan fingerprint density at radius 3 is 2.31 bits per heavy atom. The van der Waals surface area contributed by atoms with E-state index < -0.39 is 16.9 Å². The van der Waals surface area contributed by atoms with E-state index in [0.717, 1.165) is 24.3 Å². The Balaban J connectivity index is 3.06. The average Bonchev–Trinajstić information content (AvgIpc) is 2.03. The van der Waals surface area contributed by atoms with E-state index in [-0.39, 0.29) is 5.56 Å². The van der Waals surface area contributed by atoms with Crippen molar-refractivity contribution in [2.24, 2.45) is 0 Å². The largest absolute Gasteiger partial charge is 0.276 e. The molecule has 0 radical (unpaired) electrons. The van der Waals surface area contributed by atoms with Crippen molar-refractivity contribution in [3.63, 3.8) is 0 Å². The predicted octanol–water partition coefficient (Wildman–Crippen LogP) is 2.74. The van der Waals surface area contributed by atoms with Gasteiger partial charge in [0.25, 0.3) is 0 Å². The van der Waals surface area contributed by atoms with Gasteiger partial charge in [-0.1, -0.05) is 6.07 Å². The molecule has 0 aliphatic carbocycles. The molecule has 0 saturated heterocycles. The summed E-state index contributed by atoms with van der Waals surface area (Å²) >= 11 is 4.96. The van der Waals surface area contributed by atoms with E-state index in [9.17, 15) is 13.6 Å². The molecule has 0 heterocycles. The summed E-state index contributed by atoms with van der Waals surface area (Å²) in [6.07, 6.45) is 1.89. The molecule has 0 aromatic heterocycles. The van der Waals surface area contributed by atoms with Crippen LogP contribution in [0.15, 0.2) is 24.3 Å². The van der Waals surface area contributed by atoms with Crippen LogP contribution in [0.5, 0.6) is 0 Å². The van der Waals surface area contributed by atoms with Crippen molar-refractivity contribution in [1.29, 1.82) is 0 Å². The smallest absolute Gasteiger partial charge is 0.245 e. The van der Waals surface area contributed by atoms with Crippen LogP contribution in [0.1, 0.15) is 5.56 Å². The molecule has 13 heavy (non-hydrogen) atoms. The normalized spacial score (nSPS) is 10.7. The molecule has 68 valence electrons. The summed E-state index contributed by atoms with van der Waals surface area (Å²) in [6, 6.07) is 3.44. The summed E-state index contributed by atoms with van der Waals surface area (Å²) in [5.74, 6) is -1.46. The van der Waals surface area contributed by atoms with Gasteiger partial charge in [-0.05, 0) is 35.9 Å². The van der Waals surface area contributed by atoms with Crippen LogP contribution < -0.4 is 0 Å². The van der Waals surface area contributed by atoms with Crippen molar-refractivity contribution >= 4 is 22.9 Å². The zero-order chi connectivity index (χ0) is 9.84. The molecule has 0 saturated carbocycles.